The van der Waals surface area contributed by atoms with Crippen LogP contribution in [-0.4, -0.2) is 22.5 Å². The Morgan fingerprint density at radius 3 is 2.20 bits per heavy atom. The van der Waals surface area contributed by atoms with Crippen molar-refractivity contribution in [2.24, 2.45) is 0 Å². The quantitative estimate of drug-likeness (QED) is 0.626. The van der Waals surface area contributed by atoms with Crippen LogP contribution in [0.3, 0.4) is 0 Å². The van der Waals surface area contributed by atoms with Gasteiger partial charge in [-0.25, -0.2) is 5.01 Å². The average Bonchev–Trinajstić information content (AvgIpc) is 2.56. The third kappa shape index (κ3) is 6.12. The molecule has 1 aromatic carbocycles. The summed E-state index contributed by atoms with van der Waals surface area (Å²) in [5, 5.41) is 12.1. The van der Waals surface area contributed by atoms with Crippen LogP contribution in [0.1, 0.15) is 64.9 Å². The molecule has 0 heterocycles. The van der Waals surface area contributed by atoms with Crippen molar-refractivity contribution in [3.63, 3.8) is 0 Å². The molecule has 0 aliphatic carbocycles. The molecule has 0 aromatic heterocycles. The zero-order valence-electron chi connectivity index (χ0n) is 15.6. The summed E-state index contributed by atoms with van der Waals surface area (Å²) in [6.07, 6.45) is 4.07. The Morgan fingerprint density at radius 1 is 1.20 bits per heavy atom. The average molecular weight is 413 g/mol. The highest BCUT2D eigenvalue weighted by Crippen LogP contribution is 2.25. The summed E-state index contributed by atoms with van der Waals surface area (Å²) in [5.74, 6) is -0.834. The number of halogens is 1. The van der Waals surface area contributed by atoms with Crippen LogP contribution in [0.2, 0.25) is 0 Å². The first-order valence-electron chi connectivity index (χ1n) is 8.85. The van der Waals surface area contributed by atoms with E-state index >= 15 is 0 Å². The number of benzene rings is 1. The number of hydrazine groups is 1. The molecule has 0 saturated carbocycles. The number of amides is 2. The molecule has 0 saturated heterocycles. The van der Waals surface area contributed by atoms with Crippen molar-refractivity contribution in [2.45, 2.75) is 71.8 Å². The summed E-state index contributed by atoms with van der Waals surface area (Å²) in [5.41, 5.74) is 2.61. The number of aryl methyl sites for hydroxylation is 1. The molecule has 140 valence electrons. The minimum atomic E-state index is -1.46. The number of aliphatic hydroxyl groups is 1. The maximum atomic E-state index is 12.8. The number of hydrogen-bond donors (Lipinski definition) is 2. The number of hydrogen-bond acceptors (Lipinski definition) is 3. The second-order valence-electron chi connectivity index (χ2n) is 6.46. The zero-order valence-corrected chi connectivity index (χ0v) is 17.1. The lowest BCUT2D eigenvalue weighted by molar-refractivity contribution is -0.143. The molecule has 0 atom stereocenters. The van der Waals surface area contributed by atoms with E-state index in [0.717, 1.165) is 35.7 Å². The van der Waals surface area contributed by atoms with E-state index in [1.807, 2.05) is 32.9 Å². The Labute approximate surface area is 158 Å². The van der Waals surface area contributed by atoms with Crippen LogP contribution in [-0.2, 0) is 9.59 Å². The minimum Gasteiger partial charge on any atom is -0.380 e. The molecule has 25 heavy (non-hydrogen) atoms. The molecule has 0 aliphatic heterocycles. The second kappa shape index (κ2) is 9.92. The van der Waals surface area contributed by atoms with Crippen LogP contribution in [0.25, 0.3) is 0 Å². The molecule has 5 nitrogen and oxygen atoms in total. The van der Waals surface area contributed by atoms with Crippen molar-refractivity contribution in [1.29, 1.82) is 0 Å². The first-order valence-corrected chi connectivity index (χ1v) is 9.64. The second-order valence-corrected chi connectivity index (χ2v) is 7.38. The molecule has 0 spiro atoms. The van der Waals surface area contributed by atoms with Crippen molar-refractivity contribution in [2.75, 3.05) is 5.01 Å². The van der Waals surface area contributed by atoms with Gasteiger partial charge in [0.05, 0.1) is 5.69 Å². The Hall–Kier alpha value is -1.40. The molecule has 6 heteroatoms. The molecule has 0 radical (unpaired) electrons. The number of nitrogens with one attached hydrogen (secondary N) is 1. The van der Waals surface area contributed by atoms with E-state index in [4.69, 9.17) is 0 Å². The van der Waals surface area contributed by atoms with Crippen LogP contribution in [0.5, 0.6) is 0 Å². The van der Waals surface area contributed by atoms with Gasteiger partial charge in [0, 0.05) is 11.4 Å². The fourth-order valence-electron chi connectivity index (χ4n) is 2.67. The molecule has 2 amide bonds. The molecule has 0 aliphatic rings. The predicted molar refractivity (Wildman–Crippen MR) is 104 cm³/mol. The van der Waals surface area contributed by atoms with Crippen molar-refractivity contribution in [3.05, 3.63) is 28.2 Å². The van der Waals surface area contributed by atoms with E-state index in [9.17, 15) is 14.7 Å². The predicted octanol–water partition coefficient (Wildman–Crippen LogP) is 4.25. The van der Waals surface area contributed by atoms with Gasteiger partial charge in [0.2, 0.25) is 5.91 Å². The maximum Gasteiger partial charge on any atom is 0.270 e. The van der Waals surface area contributed by atoms with Gasteiger partial charge in [-0.3, -0.25) is 15.0 Å². The smallest absolute Gasteiger partial charge is 0.270 e. The number of rotatable bonds is 8. The van der Waals surface area contributed by atoms with Crippen molar-refractivity contribution in [1.82, 2.24) is 5.43 Å². The molecular formula is C19H29BrN2O3. The Balaban J connectivity index is 3.05. The minimum absolute atomic E-state index is 0.313. The van der Waals surface area contributed by atoms with E-state index in [1.54, 1.807) is 6.07 Å². The zero-order chi connectivity index (χ0) is 19.0. The standard InChI is InChI=1S/C19H29BrN2O3/c1-5-7-11-19(25,12-8-6-2)18(24)21-22(15(4)23)17-10-9-16(20)13-14(17)3/h9-10,13,25H,5-8,11-12H2,1-4H3,(H,21,24). The molecule has 0 fully saturated rings. The van der Waals surface area contributed by atoms with Crippen LogP contribution >= 0.6 is 15.9 Å². The Kier molecular flexibility index (Phi) is 8.59. The first kappa shape index (κ1) is 21.6. The summed E-state index contributed by atoms with van der Waals surface area (Å²) in [6, 6.07) is 5.45. The molecule has 1 aromatic rings. The van der Waals surface area contributed by atoms with Crippen LogP contribution < -0.4 is 10.4 Å². The third-order valence-corrected chi connectivity index (χ3v) is 4.73. The summed E-state index contributed by atoms with van der Waals surface area (Å²) in [6.45, 7) is 7.29. The van der Waals surface area contributed by atoms with E-state index in [2.05, 4.69) is 21.4 Å². The van der Waals surface area contributed by atoms with Crippen molar-refractivity contribution >= 4 is 33.4 Å². The summed E-state index contributed by atoms with van der Waals surface area (Å²) >= 11 is 3.39. The fraction of sp³-hybridized carbons (Fsp3) is 0.579. The van der Waals surface area contributed by atoms with Gasteiger partial charge in [-0.15, -0.1) is 0 Å². The van der Waals surface area contributed by atoms with E-state index in [-0.39, 0.29) is 5.91 Å². The van der Waals surface area contributed by atoms with Crippen molar-refractivity contribution in [3.8, 4) is 0 Å². The number of nitrogens with zero attached hydrogens (tertiary/aromatic N) is 1. The monoisotopic (exact) mass is 412 g/mol. The number of carbonyl (C=O) groups is 2. The third-order valence-electron chi connectivity index (χ3n) is 4.24. The summed E-state index contributed by atoms with van der Waals surface area (Å²) in [4.78, 5) is 24.9. The summed E-state index contributed by atoms with van der Waals surface area (Å²) < 4.78 is 0.894. The number of carbonyl (C=O) groups excluding carboxylic acids is 2. The molecule has 1 rings (SSSR count). The molecular weight excluding hydrogens is 384 g/mol. The fourth-order valence-corrected chi connectivity index (χ4v) is 3.15. The van der Waals surface area contributed by atoms with Gasteiger partial charge in [-0.2, -0.15) is 0 Å². The van der Waals surface area contributed by atoms with Gasteiger partial charge in [0.25, 0.3) is 5.91 Å². The molecule has 0 bridgehead atoms. The summed E-state index contributed by atoms with van der Waals surface area (Å²) in [7, 11) is 0. The lowest BCUT2D eigenvalue weighted by atomic mass is 9.90. The topological polar surface area (TPSA) is 69.6 Å². The number of anilines is 1. The Morgan fingerprint density at radius 2 is 1.76 bits per heavy atom. The van der Waals surface area contributed by atoms with Gasteiger partial charge < -0.3 is 5.11 Å². The van der Waals surface area contributed by atoms with Gasteiger partial charge in [-0.05, 0) is 43.5 Å². The largest absolute Gasteiger partial charge is 0.380 e. The highest BCUT2D eigenvalue weighted by molar-refractivity contribution is 9.10. The number of unbranched alkanes of at least 4 members (excludes halogenated alkanes) is 2. The van der Waals surface area contributed by atoms with Gasteiger partial charge >= 0.3 is 0 Å². The molecule has 0 unspecified atom stereocenters. The lowest BCUT2D eigenvalue weighted by Gasteiger charge is -2.31. The van der Waals surface area contributed by atoms with Crippen LogP contribution in [0.15, 0.2) is 22.7 Å². The molecule has 2 N–H and O–H groups in total. The van der Waals surface area contributed by atoms with E-state index in [0.29, 0.717) is 18.5 Å². The van der Waals surface area contributed by atoms with E-state index < -0.39 is 11.5 Å². The van der Waals surface area contributed by atoms with E-state index in [1.165, 1.54) is 11.9 Å². The van der Waals surface area contributed by atoms with Gasteiger partial charge in [-0.1, -0.05) is 55.5 Å². The maximum absolute atomic E-state index is 12.8. The van der Waals surface area contributed by atoms with Crippen LogP contribution in [0, 0.1) is 6.92 Å². The first-order chi connectivity index (χ1) is 11.7. The highest BCUT2D eigenvalue weighted by atomic mass is 79.9. The lowest BCUT2D eigenvalue weighted by Crippen LogP contribution is -2.55. The SMILES string of the molecule is CCCCC(O)(CCCC)C(=O)NN(C(C)=O)c1ccc(Br)cc1C. The van der Waals surface area contributed by atoms with Gasteiger partial charge in [0.15, 0.2) is 0 Å². The Bertz CT molecular complexity index is 596. The van der Waals surface area contributed by atoms with Crippen molar-refractivity contribution < 1.29 is 14.7 Å². The highest BCUT2D eigenvalue weighted by Gasteiger charge is 2.36. The van der Waals surface area contributed by atoms with Gasteiger partial charge in [0.1, 0.15) is 5.60 Å². The van der Waals surface area contributed by atoms with Crippen LogP contribution in [0.4, 0.5) is 5.69 Å². The normalized spacial score (nSPS) is 11.3.